The Morgan fingerprint density at radius 1 is 1.20 bits per heavy atom. The van der Waals surface area contributed by atoms with E-state index in [0.29, 0.717) is 5.92 Å². The van der Waals surface area contributed by atoms with Crippen LogP contribution in [0.1, 0.15) is 52.4 Å². The molecule has 0 N–H and O–H groups in total. The van der Waals surface area contributed by atoms with Gasteiger partial charge in [-0.2, -0.15) is 0 Å². The van der Waals surface area contributed by atoms with Crippen LogP contribution >= 0.6 is 15.9 Å². The molecule has 1 aromatic rings. The quantitative estimate of drug-likeness (QED) is 0.710. The average Bonchev–Trinajstić information content (AvgIpc) is 2.65. The minimum atomic E-state index is -0.263. The molecule has 1 saturated heterocycles. The number of hydrogen-bond donors (Lipinski definition) is 0. The van der Waals surface area contributed by atoms with Crippen molar-refractivity contribution in [2.24, 2.45) is 11.3 Å². The molecule has 1 heterocycles. The molecular weight excluding hydrogens is 316 g/mol. The van der Waals surface area contributed by atoms with Gasteiger partial charge in [0.2, 0.25) is 0 Å². The third-order valence-electron chi connectivity index (χ3n) is 4.93. The number of ether oxygens (including phenoxy) is 2. The number of rotatable bonds is 1. The summed E-state index contributed by atoms with van der Waals surface area (Å²) in [4.78, 5) is 0. The highest BCUT2D eigenvalue weighted by atomic mass is 79.9. The zero-order valence-corrected chi connectivity index (χ0v) is 14.2. The van der Waals surface area contributed by atoms with E-state index in [2.05, 4.69) is 55.8 Å². The summed E-state index contributed by atoms with van der Waals surface area (Å²) in [5.41, 5.74) is 1.19. The van der Waals surface area contributed by atoms with Gasteiger partial charge in [-0.1, -0.05) is 41.9 Å². The van der Waals surface area contributed by atoms with Crippen LogP contribution in [0.2, 0.25) is 0 Å². The smallest absolute Gasteiger partial charge is 0.184 e. The Morgan fingerprint density at radius 2 is 1.95 bits per heavy atom. The van der Waals surface area contributed by atoms with E-state index in [9.17, 15) is 0 Å². The molecule has 2 fully saturated rings. The van der Waals surface area contributed by atoms with Gasteiger partial charge in [0.05, 0.1) is 11.7 Å². The second kappa shape index (κ2) is 4.82. The molecule has 110 valence electrons. The first-order chi connectivity index (χ1) is 9.29. The van der Waals surface area contributed by atoms with E-state index in [0.717, 1.165) is 10.0 Å². The van der Waals surface area contributed by atoms with Crippen LogP contribution in [0.3, 0.4) is 0 Å². The van der Waals surface area contributed by atoms with Gasteiger partial charge in [-0.25, -0.2) is 0 Å². The fourth-order valence-corrected chi connectivity index (χ4v) is 4.10. The molecule has 3 rings (SSSR count). The first-order valence-corrected chi connectivity index (χ1v) is 8.18. The topological polar surface area (TPSA) is 18.5 Å². The lowest BCUT2D eigenvalue weighted by atomic mass is 9.80. The molecule has 2 nitrogen and oxygen atoms in total. The molecular formula is C17H23BrO2. The summed E-state index contributed by atoms with van der Waals surface area (Å²) in [6.45, 7) is 9.05. The zero-order valence-electron chi connectivity index (χ0n) is 12.7. The van der Waals surface area contributed by atoms with Gasteiger partial charge in [0.25, 0.3) is 0 Å². The van der Waals surface area contributed by atoms with E-state index in [-0.39, 0.29) is 23.4 Å². The van der Waals surface area contributed by atoms with Gasteiger partial charge in [-0.05, 0) is 44.2 Å². The van der Waals surface area contributed by atoms with E-state index >= 15 is 0 Å². The lowest BCUT2D eigenvalue weighted by Gasteiger charge is -2.47. The van der Waals surface area contributed by atoms with Gasteiger partial charge in [-0.3, -0.25) is 0 Å². The Morgan fingerprint density at radius 3 is 2.65 bits per heavy atom. The van der Waals surface area contributed by atoms with Crippen LogP contribution in [-0.4, -0.2) is 11.7 Å². The van der Waals surface area contributed by atoms with Crippen LogP contribution in [0.5, 0.6) is 0 Å². The molecule has 1 aliphatic carbocycles. The van der Waals surface area contributed by atoms with Crippen molar-refractivity contribution >= 4 is 15.9 Å². The number of hydrogen-bond acceptors (Lipinski definition) is 2. The predicted octanol–water partition coefficient (Wildman–Crippen LogP) is 5.08. The molecule has 3 atom stereocenters. The maximum atomic E-state index is 6.36. The number of halogens is 1. The molecule has 0 spiro atoms. The van der Waals surface area contributed by atoms with Gasteiger partial charge < -0.3 is 9.47 Å². The van der Waals surface area contributed by atoms with Crippen LogP contribution in [0, 0.1) is 11.3 Å². The van der Waals surface area contributed by atoms with Crippen molar-refractivity contribution in [2.45, 2.75) is 58.5 Å². The summed E-state index contributed by atoms with van der Waals surface area (Å²) >= 11 is 3.53. The Hall–Kier alpha value is -0.380. The van der Waals surface area contributed by atoms with Crippen molar-refractivity contribution in [3.05, 3.63) is 34.3 Å². The van der Waals surface area contributed by atoms with Gasteiger partial charge in [0, 0.05) is 16.0 Å². The van der Waals surface area contributed by atoms with E-state index in [1.54, 1.807) is 0 Å². The Kier molecular flexibility index (Phi) is 3.51. The molecule has 0 radical (unpaired) electrons. The molecule has 2 aliphatic rings. The maximum Gasteiger partial charge on any atom is 0.184 e. The van der Waals surface area contributed by atoms with Gasteiger partial charge in [0.1, 0.15) is 0 Å². The van der Waals surface area contributed by atoms with Crippen molar-refractivity contribution in [3.8, 4) is 0 Å². The van der Waals surface area contributed by atoms with Gasteiger partial charge >= 0.3 is 0 Å². The first kappa shape index (κ1) is 14.6. The second-order valence-corrected chi connectivity index (χ2v) is 8.21. The van der Waals surface area contributed by atoms with E-state index in [4.69, 9.17) is 9.47 Å². The maximum absolute atomic E-state index is 6.36. The molecule has 0 aromatic heterocycles. The van der Waals surface area contributed by atoms with E-state index in [1.165, 1.54) is 12.8 Å². The highest BCUT2D eigenvalue weighted by Gasteiger charge is 2.54. The first-order valence-electron chi connectivity index (χ1n) is 7.38. The minimum Gasteiger partial charge on any atom is -0.344 e. The third kappa shape index (κ3) is 2.44. The zero-order chi connectivity index (χ0) is 14.5. The fraction of sp³-hybridized carbons (Fsp3) is 0.647. The number of benzene rings is 1. The predicted molar refractivity (Wildman–Crippen MR) is 83.4 cm³/mol. The van der Waals surface area contributed by atoms with Crippen molar-refractivity contribution in [1.29, 1.82) is 0 Å². The van der Waals surface area contributed by atoms with E-state index in [1.807, 2.05) is 12.1 Å². The van der Waals surface area contributed by atoms with Crippen LogP contribution in [0.4, 0.5) is 0 Å². The van der Waals surface area contributed by atoms with Crippen molar-refractivity contribution in [1.82, 2.24) is 0 Å². The monoisotopic (exact) mass is 338 g/mol. The highest BCUT2D eigenvalue weighted by molar-refractivity contribution is 9.10. The highest BCUT2D eigenvalue weighted by Crippen LogP contribution is 2.54. The molecule has 3 heteroatoms. The van der Waals surface area contributed by atoms with Crippen molar-refractivity contribution in [2.75, 3.05) is 0 Å². The molecule has 0 unspecified atom stereocenters. The van der Waals surface area contributed by atoms with Crippen LogP contribution in [-0.2, 0) is 9.47 Å². The molecule has 1 aromatic carbocycles. The summed E-state index contributed by atoms with van der Waals surface area (Å²) in [5, 5.41) is 0. The lowest BCUT2D eigenvalue weighted by Crippen LogP contribution is -2.50. The summed E-state index contributed by atoms with van der Waals surface area (Å²) < 4.78 is 13.7. The SMILES string of the molecule is CC1(C)CC[C@H]2[C@H]1O[C@H](c1cccc(Br)c1)OC2(C)C. The Bertz CT molecular complexity index is 509. The fourth-order valence-electron chi connectivity index (χ4n) is 3.68. The summed E-state index contributed by atoms with van der Waals surface area (Å²) in [7, 11) is 0. The molecule has 0 bridgehead atoms. The van der Waals surface area contributed by atoms with Gasteiger partial charge in [-0.15, -0.1) is 0 Å². The molecule has 1 aliphatic heterocycles. The largest absolute Gasteiger partial charge is 0.344 e. The van der Waals surface area contributed by atoms with E-state index < -0.39 is 0 Å². The lowest BCUT2D eigenvalue weighted by molar-refractivity contribution is -0.311. The normalized spacial score (nSPS) is 34.8. The third-order valence-corrected chi connectivity index (χ3v) is 5.42. The molecule has 1 saturated carbocycles. The Balaban J connectivity index is 1.92. The summed E-state index contributed by atoms with van der Waals surface area (Å²) in [6.07, 6.45) is 2.41. The molecule has 20 heavy (non-hydrogen) atoms. The van der Waals surface area contributed by atoms with Crippen molar-refractivity contribution < 1.29 is 9.47 Å². The van der Waals surface area contributed by atoms with Gasteiger partial charge in [0.15, 0.2) is 6.29 Å². The average molecular weight is 339 g/mol. The van der Waals surface area contributed by atoms with Crippen LogP contribution < -0.4 is 0 Å². The van der Waals surface area contributed by atoms with Crippen molar-refractivity contribution in [3.63, 3.8) is 0 Å². The molecule has 0 amide bonds. The summed E-state index contributed by atoms with van der Waals surface area (Å²) in [5.74, 6) is 0.487. The van der Waals surface area contributed by atoms with Crippen LogP contribution in [0.15, 0.2) is 28.7 Å². The Labute approximate surface area is 130 Å². The minimum absolute atomic E-state index is 0.135. The second-order valence-electron chi connectivity index (χ2n) is 7.30. The number of fused-ring (bicyclic) bond motifs is 1. The standard InChI is InChI=1S/C17H23BrO2/c1-16(2)9-8-13-14(16)19-15(20-17(13,3)4)11-6-5-7-12(18)10-11/h5-7,10,13-15H,8-9H2,1-4H3/t13-,14+,15-/m0/s1. The summed E-state index contributed by atoms with van der Waals surface area (Å²) in [6, 6.07) is 8.22. The van der Waals surface area contributed by atoms with Crippen LogP contribution in [0.25, 0.3) is 0 Å².